The van der Waals surface area contributed by atoms with Gasteiger partial charge in [-0.15, -0.1) is 10.8 Å². The summed E-state index contributed by atoms with van der Waals surface area (Å²) in [4.78, 5) is 4.00. The third-order valence-electron chi connectivity index (χ3n) is 1.49. The number of hydrogen-bond donors (Lipinski definition) is 0. The van der Waals surface area contributed by atoms with Gasteiger partial charge in [0, 0.05) is 12.4 Å². The Hall–Kier alpha value is 0.266. The van der Waals surface area contributed by atoms with E-state index in [1.54, 1.807) is 6.20 Å². The van der Waals surface area contributed by atoms with E-state index < -0.39 is 0 Å². The Morgan fingerprint density at radius 1 is 1.18 bits per heavy atom. The van der Waals surface area contributed by atoms with Gasteiger partial charge in [-0.2, -0.15) is 24.3 Å². The summed E-state index contributed by atoms with van der Waals surface area (Å²) in [7, 11) is 0. The normalized spacial score (nSPS) is 9.09. The molecular formula is C9H6KN. The van der Waals surface area contributed by atoms with Crippen molar-refractivity contribution >= 4 is 10.8 Å². The number of nitrogens with zero attached hydrogens (tertiary/aromatic N) is 1. The molecule has 0 fully saturated rings. The zero-order chi connectivity index (χ0) is 6.81. The maximum Gasteiger partial charge on any atom is 1.00 e. The molecule has 0 atom stereocenters. The number of hydrogen-bond acceptors (Lipinski definition) is 1. The van der Waals surface area contributed by atoms with Crippen molar-refractivity contribution in [3.8, 4) is 0 Å². The average molecular weight is 167 g/mol. The maximum absolute atomic E-state index is 4.00. The van der Waals surface area contributed by atoms with Gasteiger partial charge in [0.25, 0.3) is 0 Å². The van der Waals surface area contributed by atoms with Crippen LogP contribution in [0.25, 0.3) is 10.8 Å². The Balaban J connectivity index is 0.000000605. The van der Waals surface area contributed by atoms with E-state index in [4.69, 9.17) is 0 Å². The first-order chi connectivity index (χ1) is 4.97. The van der Waals surface area contributed by atoms with Gasteiger partial charge < -0.3 is 0 Å². The molecule has 1 nitrogen and oxygen atoms in total. The van der Waals surface area contributed by atoms with Crippen LogP contribution in [0.1, 0.15) is 0 Å². The smallest absolute Gasteiger partial charge is 0.267 e. The van der Waals surface area contributed by atoms with Crippen LogP contribution in [0.4, 0.5) is 0 Å². The van der Waals surface area contributed by atoms with Crippen molar-refractivity contribution in [1.29, 1.82) is 0 Å². The van der Waals surface area contributed by atoms with E-state index >= 15 is 0 Å². The van der Waals surface area contributed by atoms with Gasteiger partial charge in [0.1, 0.15) is 0 Å². The molecule has 0 bridgehead atoms. The number of rotatable bonds is 0. The third kappa shape index (κ3) is 2.10. The quantitative estimate of drug-likeness (QED) is 0.364. The van der Waals surface area contributed by atoms with E-state index in [2.05, 4.69) is 11.1 Å². The Bertz CT molecular complexity index is 281. The van der Waals surface area contributed by atoms with Crippen molar-refractivity contribution in [2.24, 2.45) is 0 Å². The minimum atomic E-state index is 0. The van der Waals surface area contributed by atoms with Crippen LogP contribution in [0.3, 0.4) is 0 Å². The van der Waals surface area contributed by atoms with E-state index in [1.807, 2.05) is 30.5 Å². The topological polar surface area (TPSA) is 12.9 Å². The van der Waals surface area contributed by atoms with Crippen LogP contribution in [0.5, 0.6) is 0 Å². The number of pyridine rings is 1. The molecule has 0 amide bonds. The molecule has 2 aromatic rings. The predicted octanol–water partition coefficient (Wildman–Crippen LogP) is -0.961. The number of aromatic nitrogens is 1. The second-order valence-corrected chi connectivity index (χ2v) is 2.15. The fourth-order valence-corrected chi connectivity index (χ4v) is 0.964. The summed E-state index contributed by atoms with van der Waals surface area (Å²) in [5.74, 6) is 0. The van der Waals surface area contributed by atoms with Gasteiger partial charge in [-0.25, -0.2) is 0 Å². The SMILES string of the molecule is [K+].[c-]1ccc2cnccc2c1. The predicted molar refractivity (Wildman–Crippen MR) is 40.6 cm³/mol. The molecule has 0 N–H and O–H groups in total. The Morgan fingerprint density at radius 3 is 2.91 bits per heavy atom. The van der Waals surface area contributed by atoms with Gasteiger partial charge in [0.05, 0.1) is 0 Å². The van der Waals surface area contributed by atoms with Gasteiger partial charge >= 0.3 is 51.4 Å². The van der Waals surface area contributed by atoms with E-state index in [0.717, 1.165) is 0 Å². The molecule has 0 saturated carbocycles. The molecule has 48 valence electrons. The summed E-state index contributed by atoms with van der Waals surface area (Å²) in [6.07, 6.45) is 3.64. The van der Waals surface area contributed by atoms with Crippen LogP contribution in [0, 0.1) is 6.07 Å². The fourth-order valence-electron chi connectivity index (χ4n) is 0.964. The second kappa shape index (κ2) is 4.33. The van der Waals surface area contributed by atoms with Gasteiger partial charge in [0.15, 0.2) is 0 Å². The molecule has 0 unspecified atom stereocenters. The van der Waals surface area contributed by atoms with Crippen LogP contribution in [0.2, 0.25) is 0 Å². The first-order valence-corrected chi connectivity index (χ1v) is 3.17. The third-order valence-corrected chi connectivity index (χ3v) is 1.49. The van der Waals surface area contributed by atoms with Crippen molar-refractivity contribution in [2.45, 2.75) is 0 Å². The first kappa shape index (κ1) is 9.36. The molecule has 0 spiro atoms. The fraction of sp³-hybridized carbons (Fsp3) is 0. The molecule has 1 aromatic carbocycles. The van der Waals surface area contributed by atoms with Crippen molar-refractivity contribution in [3.05, 3.63) is 42.7 Å². The summed E-state index contributed by atoms with van der Waals surface area (Å²) in [6, 6.07) is 10.8. The maximum atomic E-state index is 4.00. The standard InChI is InChI=1S/C9H6N.K/c1-2-4-9-7-10-6-5-8(9)3-1;/h2-7H;/q-1;+1. The molecule has 0 radical (unpaired) electrons. The van der Waals surface area contributed by atoms with E-state index in [0.29, 0.717) is 0 Å². The van der Waals surface area contributed by atoms with Crippen molar-refractivity contribution in [1.82, 2.24) is 4.98 Å². The number of fused-ring (bicyclic) bond motifs is 1. The van der Waals surface area contributed by atoms with Crippen LogP contribution in [0.15, 0.2) is 36.7 Å². The van der Waals surface area contributed by atoms with E-state index in [-0.39, 0.29) is 51.4 Å². The largest absolute Gasteiger partial charge is 1.00 e. The summed E-state index contributed by atoms with van der Waals surface area (Å²) in [5, 5.41) is 2.36. The van der Waals surface area contributed by atoms with Gasteiger partial charge in [0.2, 0.25) is 0 Å². The van der Waals surface area contributed by atoms with Gasteiger partial charge in [-0.1, -0.05) is 6.07 Å². The van der Waals surface area contributed by atoms with Crippen LogP contribution in [-0.4, -0.2) is 4.98 Å². The Labute approximate surface area is 108 Å². The summed E-state index contributed by atoms with van der Waals surface area (Å²) in [5.41, 5.74) is 0. The molecule has 2 rings (SSSR count). The van der Waals surface area contributed by atoms with Crippen molar-refractivity contribution in [3.63, 3.8) is 0 Å². The molecule has 2 heteroatoms. The monoisotopic (exact) mass is 167 g/mol. The van der Waals surface area contributed by atoms with Gasteiger partial charge in [-0.05, 0) is 0 Å². The minimum absolute atomic E-state index is 0. The molecule has 0 aliphatic carbocycles. The van der Waals surface area contributed by atoms with Crippen LogP contribution in [-0.2, 0) is 0 Å². The second-order valence-electron chi connectivity index (χ2n) is 2.15. The van der Waals surface area contributed by atoms with Crippen LogP contribution < -0.4 is 51.4 Å². The zero-order valence-corrected chi connectivity index (χ0v) is 9.53. The first-order valence-electron chi connectivity index (χ1n) is 3.17. The minimum Gasteiger partial charge on any atom is -0.267 e. The summed E-state index contributed by atoms with van der Waals surface area (Å²) in [6.45, 7) is 0. The Morgan fingerprint density at radius 2 is 2.09 bits per heavy atom. The average Bonchev–Trinajstić information content (AvgIpc) is 2.05. The molecule has 0 saturated heterocycles. The molecular weight excluding hydrogens is 161 g/mol. The van der Waals surface area contributed by atoms with Crippen LogP contribution >= 0.6 is 0 Å². The molecule has 1 heterocycles. The zero-order valence-electron chi connectivity index (χ0n) is 6.41. The molecule has 1 aromatic heterocycles. The molecule has 11 heavy (non-hydrogen) atoms. The van der Waals surface area contributed by atoms with Crippen molar-refractivity contribution in [2.75, 3.05) is 0 Å². The van der Waals surface area contributed by atoms with E-state index in [1.165, 1.54) is 10.8 Å². The summed E-state index contributed by atoms with van der Waals surface area (Å²) < 4.78 is 0. The Kier molecular flexibility index (Phi) is 3.68. The van der Waals surface area contributed by atoms with Gasteiger partial charge in [-0.3, -0.25) is 4.98 Å². The number of benzene rings is 1. The van der Waals surface area contributed by atoms with E-state index in [9.17, 15) is 0 Å². The molecule has 0 aliphatic heterocycles. The summed E-state index contributed by atoms with van der Waals surface area (Å²) >= 11 is 0. The van der Waals surface area contributed by atoms with Crippen molar-refractivity contribution < 1.29 is 51.4 Å². The molecule has 0 aliphatic rings.